The molecule has 0 atom stereocenters. The number of benzene rings is 1. The summed E-state index contributed by atoms with van der Waals surface area (Å²) in [4.78, 5) is 14.7. The van der Waals surface area contributed by atoms with Crippen molar-refractivity contribution in [3.8, 4) is 0 Å². The van der Waals surface area contributed by atoms with Crippen LogP contribution in [0.3, 0.4) is 0 Å². The average Bonchev–Trinajstić information content (AvgIpc) is 2.76. The summed E-state index contributed by atoms with van der Waals surface area (Å²) in [5, 5.41) is 5.30. The van der Waals surface area contributed by atoms with Crippen molar-refractivity contribution in [2.75, 3.05) is 37.6 Å². The highest BCUT2D eigenvalue weighted by Crippen LogP contribution is 2.28. The number of carbonyl (C=O) groups excluding carboxylic acids is 1. The molecule has 0 spiro atoms. The molecule has 6 nitrogen and oxygen atoms in total. The van der Waals surface area contributed by atoms with Crippen LogP contribution in [0.15, 0.2) is 23.1 Å². The summed E-state index contributed by atoms with van der Waals surface area (Å²) in [7, 11) is -4.09. The molecular formula is C16H22F3N3O3S. The maximum absolute atomic E-state index is 12.6. The molecule has 146 valence electrons. The fraction of sp³-hybridized carbons (Fsp3) is 0.562. The summed E-state index contributed by atoms with van der Waals surface area (Å²) in [6, 6.07) is 4.27. The molecule has 0 unspecified atom stereocenters. The van der Waals surface area contributed by atoms with Crippen molar-refractivity contribution in [3.63, 3.8) is 0 Å². The fourth-order valence-corrected chi connectivity index (χ4v) is 3.78. The second kappa shape index (κ2) is 7.93. The van der Waals surface area contributed by atoms with Gasteiger partial charge in [-0.25, -0.2) is 13.6 Å². The molecule has 0 bridgehead atoms. The molecule has 10 heteroatoms. The number of hydrogen-bond acceptors (Lipinski definition) is 5. The molecule has 2 rings (SSSR count). The molecule has 1 aromatic rings. The number of sulfonamides is 1. The van der Waals surface area contributed by atoms with Crippen LogP contribution in [-0.4, -0.2) is 58.0 Å². The Kier molecular flexibility index (Phi) is 6.30. The number of carbonyl (C=O) groups is 1. The molecule has 1 saturated heterocycles. The lowest BCUT2D eigenvalue weighted by atomic mass is 10.1. The maximum Gasteiger partial charge on any atom is 0.401 e. The molecule has 0 aromatic heterocycles. The highest BCUT2D eigenvalue weighted by molar-refractivity contribution is 7.89. The van der Waals surface area contributed by atoms with Gasteiger partial charge in [0.1, 0.15) is 4.90 Å². The van der Waals surface area contributed by atoms with E-state index in [1.54, 1.807) is 11.8 Å². The van der Waals surface area contributed by atoms with Crippen molar-refractivity contribution >= 4 is 21.5 Å². The van der Waals surface area contributed by atoms with Gasteiger partial charge in [0, 0.05) is 38.2 Å². The lowest BCUT2D eigenvalue weighted by Crippen LogP contribution is -2.37. The smallest absolute Gasteiger partial charge is 0.369 e. The first-order valence-corrected chi connectivity index (χ1v) is 9.80. The van der Waals surface area contributed by atoms with Crippen LogP contribution in [0.25, 0.3) is 0 Å². The Morgan fingerprint density at radius 3 is 2.46 bits per heavy atom. The lowest BCUT2D eigenvalue weighted by Gasteiger charge is -2.26. The van der Waals surface area contributed by atoms with Crippen molar-refractivity contribution in [2.24, 2.45) is 5.14 Å². The highest BCUT2D eigenvalue weighted by Gasteiger charge is 2.32. The number of ketones is 1. The Hall–Kier alpha value is -1.65. The van der Waals surface area contributed by atoms with E-state index in [0.29, 0.717) is 18.7 Å². The molecule has 1 aliphatic heterocycles. The highest BCUT2D eigenvalue weighted by atomic mass is 32.2. The number of halogens is 3. The molecule has 1 heterocycles. The number of rotatable bonds is 5. The van der Waals surface area contributed by atoms with Gasteiger partial charge in [0.25, 0.3) is 0 Å². The molecule has 0 radical (unpaired) electrons. The zero-order chi connectivity index (χ0) is 19.5. The Labute approximate surface area is 150 Å². The molecule has 0 aliphatic carbocycles. The van der Waals surface area contributed by atoms with Crippen molar-refractivity contribution in [1.29, 1.82) is 0 Å². The average molecular weight is 393 g/mol. The number of Topliss-reactive ketones (excluding diaryl/α,β-unsaturated/α-hetero) is 1. The zero-order valence-electron chi connectivity index (χ0n) is 14.4. The predicted molar refractivity (Wildman–Crippen MR) is 91.8 cm³/mol. The summed E-state index contributed by atoms with van der Waals surface area (Å²) in [6.07, 6.45) is -3.60. The summed E-state index contributed by atoms with van der Waals surface area (Å²) < 4.78 is 61.7. The largest absolute Gasteiger partial charge is 0.401 e. The SMILES string of the molecule is CCC(=O)c1ccc(N2CCCN(CC(F)(F)F)CC2)c(S(N)(=O)=O)c1. The van der Waals surface area contributed by atoms with E-state index in [-0.39, 0.29) is 42.3 Å². The standard InChI is InChI=1S/C16H22F3N3O3S/c1-2-14(23)12-4-5-13(15(10-12)26(20,24)25)22-7-3-6-21(8-9-22)11-16(17,18)19/h4-5,10H,2-3,6-9,11H2,1H3,(H2,20,24,25). The zero-order valence-corrected chi connectivity index (χ0v) is 15.2. The van der Waals surface area contributed by atoms with Crippen molar-refractivity contribution in [3.05, 3.63) is 23.8 Å². The number of alkyl halides is 3. The molecule has 1 aliphatic rings. The first-order chi connectivity index (χ1) is 12.0. The predicted octanol–water partition coefficient (Wildman–Crippen LogP) is 2.00. The second-order valence-corrected chi connectivity index (χ2v) is 7.77. The second-order valence-electron chi connectivity index (χ2n) is 6.24. The number of anilines is 1. The van der Waals surface area contributed by atoms with Crippen LogP contribution >= 0.6 is 0 Å². The van der Waals surface area contributed by atoms with Crippen LogP contribution in [0.4, 0.5) is 18.9 Å². The van der Waals surface area contributed by atoms with Crippen LogP contribution in [0, 0.1) is 0 Å². The van der Waals surface area contributed by atoms with Gasteiger partial charge in [0.05, 0.1) is 12.2 Å². The van der Waals surface area contributed by atoms with E-state index < -0.39 is 22.7 Å². The van der Waals surface area contributed by atoms with Gasteiger partial charge in [-0.1, -0.05) is 6.92 Å². The van der Waals surface area contributed by atoms with Gasteiger partial charge in [0.15, 0.2) is 5.78 Å². The van der Waals surface area contributed by atoms with Gasteiger partial charge in [-0.2, -0.15) is 13.2 Å². The lowest BCUT2D eigenvalue weighted by molar-refractivity contribution is -0.145. The van der Waals surface area contributed by atoms with Gasteiger partial charge >= 0.3 is 6.18 Å². The first kappa shape index (κ1) is 20.7. The normalized spacial score (nSPS) is 17.2. The van der Waals surface area contributed by atoms with E-state index in [4.69, 9.17) is 5.14 Å². The molecule has 2 N–H and O–H groups in total. The Morgan fingerprint density at radius 2 is 1.88 bits per heavy atom. The molecule has 0 saturated carbocycles. The quantitative estimate of drug-likeness (QED) is 0.774. The number of nitrogens with two attached hydrogens (primary N) is 1. The van der Waals surface area contributed by atoms with Crippen LogP contribution in [0.2, 0.25) is 0 Å². The summed E-state index contributed by atoms with van der Waals surface area (Å²) in [6.45, 7) is 1.73. The van der Waals surface area contributed by atoms with Gasteiger partial charge in [-0.05, 0) is 24.6 Å². The van der Waals surface area contributed by atoms with E-state index in [1.807, 2.05) is 0 Å². The third kappa shape index (κ3) is 5.42. The Balaban J connectivity index is 2.29. The molecule has 0 amide bonds. The summed E-state index contributed by atoms with van der Waals surface area (Å²) in [5.74, 6) is -0.214. The monoisotopic (exact) mass is 393 g/mol. The third-order valence-electron chi connectivity index (χ3n) is 4.24. The summed E-state index contributed by atoms with van der Waals surface area (Å²) >= 11 is 0. The minimum absolute atomic E-state index is 0.152. The molecule has 1 aromatic carbocycles. The number of hydrogen-bond donors (Lipinski definition) is 1. The number of nitrogens with zero attached hydrogens (tertiary/aromatic N) is 2. The topological polar surface area (TPSA) is 83.7 Å². The molecule has 1 fully saturated rings. The first-order valence-electron chi connectivity index (χ1n) is 8.25. The minimum Gasteiger partial charge on any atom is -0.369 e. The van der Waals surface area contributed by atoms with Crippen molar-refractivity contribution in [2.45, 2.75) is 30.8 Å². The van der Waals surface area contributed by atoms with Crippen LogP contribution in [0.5, 0.6) is 0 Å². The fourth-order valence-electron chi connectivity index (χ4n) is 3.00. The van der Waals surface area contributed by atoms with E-state index in [0.717, 1.165) is 0 Å². The summed E-state index contributed by atoms with van der Waals surface area (Å²) in [5.41, 5.74) is 0.558. The molecular weight excluding hydrogens is 371 g/mol. The minimum atomic E-state index is -4.27. The van der Waals surface area contributed by atoms with E-state index in [9.17, 15) is 26.4 Å². The van der Waals surface area contributed by atoms with Gasteiger partial charge in [-0.3, -0.25) is 9.69 Å². The number of primary sulfonamides is 1. The van der Waals surface area contributed by atoms with Crippen molar-refractivity contribution in [1.82, 2.24) is 4.90 Å². The van der Waals surface area contributed by atoms with Gasteiger partial charge in [-0.15, -0.1) is 0 Å². The maximum atomic E-state index is 12.6. The van der Waals surface area contributed by atoms with E-state index in [2.05, 4.69) is 0 Å². The Bertz CT molecular complexity index is 766. The van der Waals surface area contributed by atoms with E-state index in [1.165, 1.54) is 23.1 Å². The third-order valence-corrected chi connectivity index (χ3v) is 5.18. The van der Waals surface area contributed by atoms with Crippen LogP contribution in [0.1, 0.15) is 30.1 Å². The molecule has 26 heavy (non-hydrogen) atoms. The van der Waals surface area contributed by atoms with Gasteiger partial charge < -0.3 is 4.90 Å². The van der Waals surface area contributed by atoms with Crippen LogP contribution < -0.4 is 10.0 Å². The Morgan fingerprint density at radius 1 is 1.19 bits per heavy atom. The van der Waals surface area contributed by atoms with Gasteiger partial charge in [0.2, 0.25) is 10.0 Å². The van der Waals surface area contributed by atoms with E-state index >= 15 is 0 Å². The van der Waals surface area contributed by atoms with Crippen LogP contribution in [-0.2, 0) is 10.0 Å². The van der Waals surface area contributed by atoms with Crippen molar-refractivity contribution < 1.29 is 26.4 Å².